The van der Waals surface area contributed by atoms with Gasteiger partial charge in [0.15, 0.2) is 0 Å². The normalized spacial score (nSPS) is 25.8. The summed E-state index contributed by atoms with van der Waals surface area (Å²) >= 11 is 0. The van der Waals surface area contributed by atoms with Crippen molar-refractivity contribution in [3.05, 3.63) is 47.5 Å². The van der Waals surface area contributed by atoms with E-state index < -0.39 is 15.8 Å². The summed E-state index contributed by atoms with van der Waals surface area (Å²) in [5.74, 6) is -0.768. The van der Waals surface area contributed by atoms with E-state index in [4.69, 9.17) is 4.74 Å². The highest BCUT2D eigenvalue weighted by Crippen LogP contribution is 2.42. The zero-order chi connectivity index (χ0) is 19.0. The zero-order valence-electron chi connectivity index (χ0n) is 15.2. The predicted molar refractivity (Wildman–Crippen MR) is 96.7 cm³/mol. The van der Waals surface area contributed by atoms with Gasteiger partial charge in [0, 0.05) is 24.8 Å². The molecule has 2 saturated heterocycles. The standard InChI is InChI=1S/C18H23FN4O3S/c1-26-11-14-10-22(21-20-14)17-8-15-6-7-16(9-17)23(15)27(24,25)12-13-4-2-3-5-18(13)19/h2-5,10,15-17H,6-9,11-12H2,1H3. The van der Waals surface area contributed by atoms with E-state index in [1.807, 2.05) is 10.9 Å². The molecule has 7 nitrogen and oxygen atoms in total. The molecule has 2 atom stereocenters. The van der Waals surface area contributed by atoms with Crippen LogP contribution in [0.4, 0.5) is 4.39 Å². The van der Waals surface area contributed by atoms with Crippen molar-refractivity contribution >= 4 is 10.0 Å². The summed E-state index contributed by atoms with van der Waals surface area (Å²) in [5, 5.41) is 8.29. The molecule has 0 radical (unpaired) electrons. The number of aromatic nitrogens is 3. The lowest BCUT2D eigenvalue weighted by Gasteiger charge is -2.37. The van der Waals surface area contributed by atoms with Crippen molar-refractivity contribution in [3.8, 4) is 0 Å². The largest absolute Gasteiger partial charge is 0.378 e. The monoisotopic (exact) mass is 394 g/mol. The van der Waals surface area contributed by atoms with Gasteiger partial charge < -0.3 is 4.74 Å². The summed E-state index contributed by atoms with van der Waals surface area (Å²) in [6, 6.07) is 6.05. The van der Waals surface area contributed by atoms with E-state index in [0.717, 1.165) is 18.5 Å². The molecule has 2 aliphatic rings. The second kappa shape index (κ2) is 7.29. The second-order valence-electron chi connectivity index (χ2n) is 7.31. The SMILES string of the molecule is COCc1cn(C2CC3CCC(C2)N3S(=O)(=O)Cc2ccccc2F)nn1. The van der Waals surface area contributed by atoms with Crippen LogP contribution < -0.4 is 0 Å². The number of rotatable bonds is 6. The number of ether oxygens (including phenoxy) is 1. The Morgan fingerprint density at radius 1 is 1.19 bits per heavy atom. The maximum atomic E-state index is 13.9. The van der Waals surface area contributed by atoms with E-state index in [-0.39, 0.29) is 29.4 Å². The van der Waals surface area contributed by atoms with Crippen LogP contribution >= 0.6 is 0 Å². The fraction of sp³-hybridized carbons (Fsp3) is 0.556. The lowest BCUT2D eigenvalue weighted by molar-refractivity contribution is 0.180. The average Bonchev–Trinajstić information content (AvgIpc) is 3.20. The van der Waals surface area contributed by atoms with E-state index >= 15 is 0 Å². The fourth-order valence-electron chi connectivity index (χ4n) is 4.37. The molecule has 9 heteroatoms. The Morgan fingerprint density at radius 3 is 2.56 bits per heavy atom. The highest BCUT2D eigenvalue weighted by molar-refractivity contribution is 7.88. The molecule has 1 aromatic heterocycles. The molecular formula is C18H23FN4O3S. The first-order valence-corrected chi connectivity index (χ1v) is 10.7. The van der Waals surface area contributed by atoms with Crippen LogP contribution in [0.5, 0.6) is 0 Å². The quantitative estimate of drug-likeness (QED) is 0.751. The Balaban J connectivity index is 1.51. The zero-order valence-corrected chi connectivity index (χ0v) is 16.0. The molecule has 27 heavy (non-hydrogen) atoms. The van der Waals surface area contributed by atoms with Gasteiger partial charge in [-0.15, -0.1) is 5.10 Å². The Morgan fingerprint density at radius 2 is 1.89 bits per heavy atom. The Labute approximate surface area is 158 Å². The van der Waals surface area contributed by atoms with Gasteiger partial charge >= 0.3 is 0 Å². The molecule has 0 N–H and O–H groups in total. The third kappa shape index (κ3) is 3.63. The van der Waals surface area contributed by atoms with Gasteiger partial charge in [-0.2, -0.15) is 4.31 Å². The molecule has 3 heterocycles. The smallest absolute Gasteiger partial charge is 0.218 e. The molecule has 4 rings (SSSR count). The lowest BCUT2D eigenvalue weighted by Crippen LogP contribution is -2.47. The van der Waals surface area contributed by atoms with Crippen LogP contribution in [0, 0.1) is 5.82 Å². The molecule has 2 aromatic rings. The molecule has 2 aliphatic heterocycles. The van der Waals surface area contributed by atoms with Crippen molar-refractivity contribution < 1.29 is 17.5 Å². The third-order valence-electron chi connectivity index (χ3n) is 5.48. The van der Waals surface area contributed by atoms with Crippen molar-refractivity contribution in [1.82, 2.24) is 19.3 Å². The van der Waals surface area contributed by atoms with Gasteiger partial charge in [-0.1, -0.05) is 23.4 Å². The van der Waals surface area contributed by atoms with Gasteiger partial charge in [0.2, 0.25) is 10.0 Å². The number of sulfonamides is 1. The highest BCUT2D eigenvalue weighted by Gasteiger charge is 2.47. The number of fused-ring (bicyclic) bond motifs is 2. The van der Waals surface area contributed by atoms with E-state index in [2.05, 4.69) is 10.3 Å². The van der Waals surface area contributed by atoms with Crippen LogP contribution in [0.2, 0.25) is 0 Å². The minimum absolute atomic E-state index is 0.0689. The summed E-state index contributed by atoms with van der Waals surface area (Å²) in [5.41, 5.74) is 0.985. The number of piperidine rings is 1. The Hall–Kier alpha value is -1.84. The summed E-state index contributed by atoms with van der Waals surface area (Å²) in [4.78, 5) is 0. The molecule has 2 bridgehead atoms. The number of halogens is 1. The van der Waals surface area contributed by atoms with Gasteiger partial charge in [-0.3, -0.25) is 0 Å². The molecule has 0 spiro atoms. The number of benzene rings is 1. The lowest BCUT2D eigenvalue weighted by atomic mass is 10.00. The minimum Gasteiger partial charge on any atom is -0.378 e. The first-order valence-electron chi connectivity index (χ1n) is 9.12. The number of hydrogen-bond donors (Lipinski definition) is 0. The third-order valence-corrected chi connectivity index (χ3v) is 7.40. The van der Waals surface area contributed by atoms with Crippen molar-refractivity contribution in [2.24, 2.45) is 0 Å². The van der Waals surface area contributed by atoms with Gasteiger partial charge in [-0.05, 0) is 31.7 Å². The number of hydrogen-bond acceptors (Lipinski definition) is 5. The average molecular weight is 394 g/mol. The molecule has 2 unspecified atom stereocenters. The van der Waals surface area contributed by atoms with Gasteiger partial charge in [0.05, 0.1) is 24.6 Å². The molecule has 0 amide bonds. The van der Waals surface area contributed by atoms with Crippen molar-refractivity contribution in [2.45, 2.75) is 56.2 Å². The van der Waals surface area contributed by atoms with E-state index in [1.165, 1.54) is 12.1 Å². The Kier molecular flexibility index (Phi) is 5.00. The van der Waals surface area contributed by atoms with Gasteiger partial charge in [-0.25, -0.2) is 17.5 Å². The maximum absolute atomic E-state index is 13.9. The number of nitrogens with zero attached hydrogens (tertiary/aromatic N) is 4. The molecule has 0 aliphatic carbocycles. The first-order chi connectivity index (χ1) is 13.0. The van der Waals surface area contributed by atoms with Crippen molar-refractivity contribution in [3.63, 3.8) is 0 Å². The van der Waals surface area contributed by atoms with Crippen molar-refractivity contribution in [2.75, 3.05) is 7.11 Å². The van der Waals surface area contributed by atoms with Crippen LogP contribution in [-0.2, 0) is 27.1 Å². The number of methoxy groups -OCH3 is 1. The molecular weight excluding hydrogens is 371 g/mol. The van der Waals surface area contributed by atoms with Crippen LogP contribution in [0.1, 0.15) is 43.0 Å². The molecule has 0 saturated carbocycles. The maximum Gasteiger partial charge on any atom is 0.218 e. The van der Waals surface area contributed by atoms with E-state index in [0.29, 0.717) is 19.4 Å². The van der Waals surface area contributed by atoms with Crippen molar-refractivity contribution in [1.29, 1.82) is 0 Å². The first kappa shape index (κ1) is 18.5. The van der Waals surface area contributed by atoms with Crippen LogP contribution in [0.3, 0.4) is 0 Å². The minimum atomic E-state index is -3.58. The molecule has 1 aromatic carbocycles. The molecule has 2 fully saturated rings. The summed E-state index contributed by atoms with van der Waals surface area (Å²) < 4.78 is 48.5. The molecule has 146 valence electrons. The van der Waals surface area contributed by atoms with E-state index in [1.54, 1.807) is 23.5 Å². The summed E-state index contributed by atoms with van der Waals surface area (Å²) in [6.45, 7) is 0.405. The van der Waals surface area contributed by atoms with Crippen LogP contribution in [-0.4, -0.2) is 46.9 Å². The topological polar surface area (TPSA) is 77.3 Å². The Bertz CT molecular complexity index is 903. The van der Waals surface area contributed by atoms with Crippen LogP contribution in [0.15, 0.2) is 30.5 Å². The van der Waals surface area contributed by atoms with Gasteiger partial charge in [0.25, 0.3) is 0 Å². The summed E-state index contributed by atoms with van der Waals surface area (Å²) in [7, 11) is -1.97. The highest BCUT2D eigenvalue weighted by atomic mass is 32.2. The van der Waals surface area contributed by atoms with Gasteiger partial charge in [0.1, 0.15) is 11.5 Å². The van der Waals surface area contributed by atoms with E-state index in [9.17, 15) is 12.8 Å². The fourth-order valence-corrected chi connectivity index (χ4v) is 6.44. The predicted octanol–water partition coefficient (Wildman–Crippen LogP) is 2.26. The second-order valence-corrected chi connectivity index (χ2v) is 9.18. The van der Waals surface area contributed by atoms with Crippen LogP contribution in [0.25, 0.3) is 0 Å². The summed E-state index contributed by atoms with van der Waals surface area (Å²) in [6.07, 6.45) is 4.93.